The van der Waals surface area contributed by atoms with E-state index in [0.29, 0.717) is 11.1 Å². The Hall–Kier alpha value is -1.23. The molecule has 0 bridgehead atoms. The van der Waals surface area contributed by atoms with Crippen LogP contribution in [0.15, 0.2) is 6.07 Å². The number of hydrogen-bond donors (Lipinski definition) is 1. The smallest absolute Gasteiger partial charge is 0.280 e. The van der Waals surface area contributed by atoms with Gasteiger partial charge in [0.25, 0.3) is 6.43 Å². The minimum absolute atomic E-state index is 0.0581. The van der Waals surface area contributed by atoms with Crippen LogP contribution in [0, 0.1) is 6.92 Å². The Labute approximate surface area is 80.3 Å². The predicted molar refractivity (Wildman–Crippen MR) is 46.4 cm³/mol. The van der Waals surface area contributed by atoms with Gasteiger partial charge in [-0.15, -0.1) is 0 Å². The van der Waals surface area contributed by atoms with E-state index in [1.54, 1.807) is 6.92 Å². The molecule has 1 aromatic heterocycles. The van der Waals surface area contributed by atoms with Gasteiger partial charge in [-0.05, 0) is 18.6 Å². The Bertz CT molecular complexity index is 329. The maximum Gasteiger partial charge on any atom is 0.280 e. The Kier molecular flexibility index (Phi) is 3.35. The lowest BCUT2D eigenvalue weighted by Crippen LogP contribution is -2.02. The van der Waals surface area contributed by atoms with E-state index in [1.165, 1.54) is 13.2 Å². The van der Waals surface area contributed by atoms with Gasteiger partial charge in [0.05, 0.1) is 13.7 Å². The summed E-state index contributed by atoms with van der Waals surface area (Å²) in [6.45, 7) is 1.35. The van der Waals surface area contributed by atoms with Crippen LogP contribution in [-0.2, 0) is 6.61 Å². The van der Waals surface area contributed by atoms with Crippen molar-refractivity contribution in [3.05, 3.63) is 22.9 Å². The maximum absolute atomic E-state index is 12.3. The average molecular weight is 203 g/mol. The van der Waals surface area contributed by atoms with Gasteiger partial charge in [-0.2, -0.15) is 0 Å². The van der Waals surface area contributed by atoms with Crippen molar-refractivity contribution in [3.8, 4) is 5.88 Å². The van der Waals surface area contributed by atoms with E-state index >= 15 is 0 Å². The standard InChI is InChI=1S/C9H11F2NO2/c1-5-3-7(8(10)11)12-9(14-2)6(5)4-13/h3,8,13H,4H2,1-2H3. The molecule has 1 aromatic rings. The molecular formula is C9H11F2NO2. The summed E-state index contributed by atoms with van der Waals surface area (Å²) in [4.78, 5) is 3.59. The van der Waals surface area contributed by atoms with Crippen LogP contribution >= 0.6 is 0 Å². The summed E-state index contributed by atoms with van der Waals surface area (Å²) < 4.78 is 29.4. The lowest BCUT2D eigenvalue weighted by atomic mass is 10.1. The zero-order chi connectivity index (χ0) is 10.7. The molecule has 3 nitrogen and oxygen atoms in total. The minimum atomic E-state index is -2.63. The van der Waals surface area contributed by atoms with E-state index in [4.69, 9.17) is 9.84 Å². The van der Waals surface area contributed by atoms with Crippen molar-refractivity contribution >= 4 is 0 Å². The van der Waals surface area contributed by atoms with E-state index < -0.39 is 6.43 Å². The first-order valence-corrected chi connectivity index (χ1v) is 4.03. The third kappa shape index (κ3) is 1.98. The first-order chi connectivity index (χ1) is 6.60. The maximum atomic E-state index is 12.3. The van der Waals surface area contributed by atoms with Crippen molar-refractivity contribution in [2.45, 2.75) is 20.0 Å². The molecule has 0 radical (unpaired) electrons. The van der Waals surface area contributed by atoms with Gasteiger partial charge in [0.2, 0.25) is 5.88 Å². The van der Waals surface area contributed by atoms with Crippen LogP contribution < -0.4 is 4.74 Å². The number of alkyl halides is 2. The molecule has 0 saturated carbocycles. The first kappa shape index (κ1) is 10.8. The summed E-state index contributed by atoms with van der Waals surface area (Å²) in [5.41, 5.74) is 0.656. The molecule has 1 rings (SSSR count). The molecule has 1 heterocycles. The van der Waals surface area contributed by atoms with Gasteiger partial charge < -0.3 is 9.84 Å². The van der Waals surface area contributed by atoms with Crippen molar-refractivity contribution in [2.75, 3.05) is 7.11 Å². The van der Waals surface area contributed by atoms with Gasteiger partial charge in [-0.25, -0.2) is 13.8 Å². The number of methoxy groups -OCH3 is 1. The highest BCUT2D eigenvalue weighted by Gasteiger charge is 2.15. The number of hydrogen-bond acceptors (Lipinski definition) is 3. The molecule has 14 heavy (non-hydrogen) atoms. The minimum Gasteiger partial charge on any atom is -0.481 e. The molecule has 1 N–H and O–H groups in total. The fourth-order valence-electron chi connectivity index (χ4n) is 1.17. The predicted octanol–water partition coefficient (Wildman–Crippen LogP) is 1.83. The number of aryl methyl sites for hydroxylation is 1. The largest absolute Gasteiger partial charge is 0.481 e. The molecule has 0 aliphatic carbocycles. The van der Waals surface area contributed by atoms with E-state index in [2.05, 4.69) is 4.98 Å². The Morgan fingerprint density at radius 2 is 2.21 bits per heavy atom. The number of aromatic nitrogens is 1. The summed E-state index contributed by atoms with van der Waals surface area (Å²) >= 11 is 0. The van der Waals surface area contributed by atoms with Gasteiger partial charge >= 0.3 is 0 Å². The number of pyridine rings is 1. The highest BCUT2D eigenvalue weighted by Crippen LogP contribution is 2.25. The Morgan fingerprint density at radius 3 is 2.64 bits per heavy atom. The van der Waals surface area contributed by atoms with E-state index in [0.717, 1.165) is 0 Å². The molecular weight excluding hydrogens is 192 g/mol. The normalized spacial score (nSPS) is 10.7. The quantitative estimate of drug-likeness (QED) is 0.814. The van der Waals surface area contributed by atoms with Crippen LogP contribution in [0.4, 0.5) is 8.78 Å². The molecule has 0 aliphatic rings. The van der Waals surface area contributed by atoms with Gasteiger partial charge in [0, 0.05) is 5.56 Å². The first-order valence-electron chi connectivity index (χ1n) is 4.03. The number of aliphatic hydroxyl groups is 1. The van der Waals surface area contributed by atoms with Gasteiger partial charge in [-0.1, -0.05) is 0 Å². The van der Waals surface area contributed by atoms with E-state index in [-0.39, 0.29) is 18.2 Å². The van der Waals surface area contributed by atoms with Crippen molar-refractivity contribution in [2.24, 2.45) is 0 Å². The SMILES string of the molecule is COc1nc(C(F)F)cc(C)c1CO. The summed E-state index contributed by atoms with van der Waals surface area (Å²) in [6, 6.07) is 1.25. The van der Waals surface area contributed by atoms with Gasteiger partial charge in [0.1, 0.15) is 5.69 Å². The number of halogens is 2. The number of aliphatic hydroxyl groups excluding tert-OH is 1. The highest BCUT2D eigenvalue weighted by atomic mass is 19.3. The molecule has 0 saturated heterocycles. The van der Waals surface area contributed by atoms with Crippen LogP contribution in [-0.4, -0.2) is 17.2 Å². The van der Waals surface area contributed by atoms with Gasteiger partial charge in [0.15, 0.2) is 0 Å². The second-order valence-electron chi connectivity index (χ2n) is 2.81. The molecule has 5 heteroatoms. The summed E-state index contributed by atoms with van der Waals surface area (Å²) in [7, 11) is 1.33. The summed E-state index contributed by atoms with van der Waals surface area (Å²) in [5.74, 6) is 0.0581. The van der Waals surface area contributed by atoms with E-state index in [9.17, 15) is 8.78 Å². The van der Waals surface area contributed by atoms with Crippen LogP contribution in [0.1, 0.15) is 23.2 Å². The van der Waals surface area contributed by atoms with Crippen molar-refractivity contribution < 1.29 is 18.6 Å². The molecule has 78 valence electrons. The van der Waals surface area contributed by atoms with Crippen LogP contribution in [0.2, 0.25) is 0 Å². The van der Waals surface area contributed by atoms with Crippen molar-refractivity contribution in [3.63, 3.8) is 0 Å². The molecule has 0 aromatic carbocycles. The average Bonchev–Trinajstić information content (AvgIpc) is 2.16. The highest BCUT2D eigenvalue weighted by molar-refractivity contribution is 5.35. The number of ether oxygens (including phenoxy) is 1. The summed E-state index contributed by atoms with van der Waals surface area (Å²) in [5, 5.41) is 8.95. The molecule has 0 spiro atoms. The zero-order valence-electron chi connectivity index (χ0n) is 7.92. The van der Waals surface area contributed by atoms with Crippen LogP contribution in [0.3, 0.4) is 0 Å². The molecule has 0 unspecified atom stereocenters. The monoisotopic (exact) mass is 203 g/mol. The number of rotatable bonds is 3. The third-order valence-electron chi connectivity index (χ3n) is 1.90. The second-order valence-corrected chi connectivity index (χ2v) is 2.81. The topological polar surface area (TPSA) is 42.4 Å². The summed E-state index contributed by atoms with van der Waals surface area (Å²) in [6.07, 6.45) is -2.63. The van der Waals surface area contributed by atoms with Crippen molar-refractivity contribution in [1.29, 1.82) is 0 Å². The Balaban J connectivity index is 3.24. The van der Waals surface area contributed by atoms with E-state index in [1.807, 2.05) is 0 Å². The molecule has 0 aliphatic heterocycles. The van der Waals surface area contributed by atoms with Crippen LogP contribution in [0.25, 0.3) is 0 Å². The molecule has 0 atom stereocenters. The lowest BCUT2D eigenvalue weighted by Gasteiger charge is -2.10. The van der Waals surface area contributed by atoms with Crippen LogP contribution in [0.5, 0.6) is 5.88 Å². The second kappa shape index (κ2) is 4.32. The molecule has 0 fully saturated rings. The fourth-order valence-corrected chi connectivity index (χ4v) is 1.17. The lowest BCUT2D eigenvalue weighted by molar-refractivity contribution is 0.144. The third-order valence-corrected chi connectivity index (χ3v) is 1.90. The molecule has 0 amide bonds. The van der Waals surface area contributed by atoms with Gasteiger partial charge in [-0.3, -0.25) is 0 Å². The Morgan fingerprint density at radius 1 is 1.57 bits per heavy atom. The fraction of sp³-hybridized carbons (Fsp3) is 0.444. The number of nitrogens with zero attached hydrogens (tertiary/aromatic N) is 1. The van der Waals surface area contributed by atoms with Crippen molar-refractivity contribution in [1.82, 2.24) is 4.98 Å². The zero-order valence-corrected chi connectivity index (χ0v) is 7.92.